The number of fused-ring (bicyclic) bond motifs is 2. The fourth-order valence-electron chi connectivity index (χ4n) is 5.80. The maximum atomic E-state index is 13.6. The smallest absolute Gasteiger partial charge is 0.338 e. The SMILES string of the molecule is CCOC(=O)c1cccc(-c2ccc(Cl)c3cc(CBr)sc23)c1.CCOC(=O)c1cccc(-c2ccc(Cl)c3cc(Cc4ccc(F)c(F)c4)sc23)c1. The van der Waals surface area contributed by atoms with Gasteiger partial charge < -0.3 is 9.47 Å². The van der Waals surface area contributed by atoms with E-state index in [1.807, 2.05) is 60.7 Å². The summed E-state index contributed by atoms with van der Waals surface area (Å²) < 4.78 is 39.1. The number of ether oxygens (including phenoxy) is 2. The van der Waals surface area contributed by atoms with Crippen LogP contribution in [0.25, 0.3) is 42.4 Å². The van der Waals surface area contributed by atoms with Crippen molar-refractivity contribution in [2.45, 2.75) is 25.6 Å². The van der Waals surface area contributed by atoms with Crippen molar-refractivity contribution in [2.24, 2.45) is 0 Å². The molecule has 0 unspecified atom stereocenters. The van der Waals surface area contributed by atoms with Gasteiger partial charge in [-0.15, -0.1) is 22.7 Å². The molecule has 0 bridgehead atoms. The molecule has 0 fully saturated rings. The van der Waals surface area contributed by atoms with Crippen LogP contribution in [0.4, 0.5) is 8.78 Å². The lowest BCUT2D eigenvalue weighted by atomic mass is 10.0. The first kappa shape index (κ1) is 38.6. The van der Waals surface area contributed by atoms with Gasteiger partial charge in [0.25, 0.3) is 0 Å². The average Bonchev–Trinajstić information content (AvgIpc) is 3.80. The molecule has 2 aromatic heterocycles. The molecule has 0 spiro atoms. The number of carbonyl (C=O) groups excluding carboxylic acids is 2. The monoisotopic (exact) mass is 850 g/mol. The molecule has 0 aliphatic carbocycles. The van der Waals surface area contributed by atoms with Gasteiger partial charge in [-0.05, 0) is 102 Å². The van der Waals surface area contributed by atoms with Gasteiger partial charge in [0.15, 0.2) is 11.6 Å². The Bertz CT molecular complexity index is 2460. The lowest BCUT2D eigenvalue weighted by molar-refractivity contribution is 0.0517. The third kappa shape index (κ3) is 8.82. The van der Waals surface area contributed by atoms with E-state index in [-0.39, 0.29) is 11.9 Å². The fourth-order valence-corrected chi connectivity index (χ4v) is 9.16. The third-order valence-corrected chi connectivity index (χ3v) is 12.2. The van der Waals surface area contributed by atoms with Crippen LogP contribution in [0.1, 0.15) is 49.9 Å². The summed E-state index contributed by atoms with van der Waals surface area (Å²) in [5.41, 5.74) is 5.61. The van der Waals surface area contributed by atoms with Gasteiger partial charge >= 0.3 is 11.9 Å². The molecule has 0 amide bonds. The second-order valence-electron chi connectivity index (χ2n) is 11.8. The largest absolute Gasteiger partial charge is 0.462 e. The van der Waals surface area contributed by atoms with E-state index in [1.54, 1.807) is 60.8 Å². The van der Waals surface area contributed by atoms with Crippen LogP contribution in [-0.2, 0) is 21.2 Å². The number of esters is 2. The number of carbonyl (C=O) groups is 2. The minimum atomic E-state index is -0.859. The van der Waals surface area contributed by atoms with Gasteiger partial charge in [-0.1, -0.05) is 81.6 Å². The molecule has 0 aliphatic heterocycles. The van der Waals surface area contributed by atoms with Crippen molar-refractivity contribution in [2.75, 3.05) is 13.2 Å². The summed E-state index contributed by atoms with van der Waals surface area (Å²) in [5.74, 6) is -2.38. The lowest BCUT2D eigenvalue weighted by Crippen LogP contribution is -2.04. The van der Waals surface area contributed by atoms with Gasteiger partial charge in [0, 0.05) is 51.7 Å². The van der Waals surface area contributed by atoms with E-state index in [0.29, 0.717) is 41.3 Å². The number of hydrogen-bond donors (Lipinski definition) is 0. The van der Waals surface area contributed by atoms with Crippen molar-refractivity contribution in [3.8, 4) is 22.3 Å². The zero-order chi connectivity index (χ0) is 37.6. The summed E-state index contributed by atoms with van der Waals surface area (Å²) in [4.78, 5) is 26.3. The molecular formula is C42H31BrCl2F2O4S2. The topological polar surface area (TPSA) is 52.6 Å². The first-order valence-electron chi connectivity index (χ1n) is 16.6. The summed E-state index contributed by atoms with van der Waals surface area (Å²) >= 11 is 19.5. The molecule has 2 heterocycles. The van der Waals surface area contributed by atoms with Crippen molar-refractivity contribution in [3.05, 3.63) is 151 Å². The maximum absolute atomic E-state index is 13.6. The molecule has 0 aliphatic rings. The van der Waals surface area contributed by atoms with Crippen molar-refractivity contribution < 1.29 is 27.8 Å². The van der Waals surface area contributed by atoms with Crippen LogP contribution in [-0.4, -0.2) is 25.2 Å². The zero-order valence-electron chi connectivity index (χ0n) is 28.5. The molecule has 5 aromatic carbocycles. The Morgan fingerprint density at radius 1 is 0.642 bits per heavy atom. The molecule has 7 aromatic rings. The van der Waals surface area contributed by atoms with Crippen LogP contribution in [0.5, 0.6) is 0 Å². The summed E-state index contributed by atoms with van der Waals surface area (Å²) in [7, 11) is 0. The fraction of sp³-hybridized carbons (Fsp3) is 0.143. The molecular weight excluding hydrogens is 821 g/mol. The van der Waals surface area contributed by atoms with E-state index in [4.69, 9.17) is 32.7 Å². The number of alkyl halides is 1. The number of benzene rings is 5. The number of hydrogen-bond acceptors (Lipinski definition) is 6. The van der Waals surface area contributed by atoms with Gasteiger partial charge in [0.05, 0.1) is 24.3 Å². The van der Waals surface area contributed by atoms with E-state index in [1.165, 1.54) is 10.9 Å². The molecule has 4 nitrogen and oxygen atoms in total. The highest BCUT2D eigenvalue weighted by Gasteiger charge is 2.16. The maximum Gasteiger partial charge on any atom is 0.338 e. The predicted octanol–water partition coefficient (Wildman–Crippen LogP) is 13.6. The van der Waals surface area contributed by atoms with Crippen LogP contribution in [0.3, 0.4) is 0 Å². The summed E-state index contributed by atoms with van der Waals surface area (Å²) in [6, 6.07) is 30.4. The molecule has 270 valence electrons. The normalized spacial score (nSPS) is 11.0. The molecule has 7 rings (SSSR count). The molecule has 53 heavy (non-hydrogen) atoms. The van der Waals surface area contributed by atoms with Crippen LogP contribution in [0.2, 0.25) is 10.0 Å². The number of rotatable bonds is 9. The Labute approximate surface area is 332 Å². The number of halogens is 5. The quantitative estimate of drug-likeness (QED) is 0.107. The second-order valence-corrected chi connectivity index (χ2v) is 15.4. The number of thiophene rings is 2. The second kappa shape index (κ2) is 17.3. The molecule has 0 N–H and O–H groups in total. The first-order chi connectivity index (χ1) is 25.6. The predicted molar refractivity (Wildman–Crippen MR) is 218 cm³/mol. The van der Waals surface area contributed by atoms with Gasteiger partial charge in [0.2, 0.25) is 0 Å². The van der Waals surface area contributed by atoms with Crippen LogP contribution in [0, 0.1) is 11.6 Å². The molecule has 0 radical (unpaired) electrons. The van der Waals surface area contributed by atoms with Crippen LogP contribution in [0.15, 0.2) is 103 Å². The Hall–Kier alpha value is -4.12. The highest BCUT2D eigenvalue weighted by atomic mass is 79.9. The van der Waals surface area contributed by atoms with E-state index >= 15 is 0 Å². The van der Waals surface area contributed by atoms with E-state index in [0.717, 1.165) is 63.7 Å². The van der Waals surface area contributed by atoms with Crippen LogP contribution >= 0.6 is 61.8 Å². The third-order valence-electron chi connectivity index (χ3n) is 8.23. The molecule has 11 heteroatoms. The van der Waals surface area contributed by atoms with E-state index in [2.05, 4.69) is 22.0 Å². The average molecular weight is 853 g/mol. The van der Waals surface area contributed by atoms with Gasteiger partial charge in [-0.25, -0.2) is 18.4 Å². The minimum absolute atomic E-state index is 0.299. The van der Waals surface area contributed by atoms with Crippen molar-refractivity contribution in [1.82, 2.24) is 0 Å². The zero-order valence-corrected chi connectivity index (χ0v) is 33.2. The highest BCUT2D eigenvalue weighted by molar-refractivity contribution is 9.08. The van der Waals surface area contributed by atoms with Gasteiger partial charge in [-0.3, -0.25) is 0 Å². The van der Waals surface area contributed by atoms with Crippen LogP contribution < -0.4 is 0 Å². The van der Waals surface area contributed by atoms with Gasteiger partial charge in [0.1, 0.15) is 0 Å². The minimum Gasteiger partial charge on any atom is -0.462 e. The van der Waals surface area contributed by atoms with Crippen molar-refractivity contribution in [1.29, 1.82) is 0 Å². The summed E-state index contributed by atoms with van der Waals surface area (Å²) in [6.45, 7) is 4.25. The first-order valence-corrected chi connectivity index (χ1v) is 20.1. The highest BCUT2D eigenvalue weighted by Crippen LogP contribution is 2.41. The lowest BCUT2D eigenvalue weighted by Gasteiger charge is -2.07. The van der Waals surface area contributed by atoms with Gasteiger partial charge in [-0.2, -0.15) is 0 Å². The summed E-state index contributed by atoms with van der Waals surface area (Å²) in [5, 5.41) is 4.09. The van der Waals surface area contributed by atoms with Crippen molar-refractivity contribution in [3.63, 3.8) is 0 Å². The molecule has 0 atom stereocenters. The van der Waals surface area contributed by atoms with Crippen molar-refractivity contribution >= 4 is 93.9 Å². The Kier molecular flexibility index (Phi) is 12.6. The standard InChI is InChI=1S/C24H17ClF2O2S.C18H14BrClO2S/c1-2-29-24(28)16-5-3-4-15(12-16)18-7-8-20(25)19-13-17(30-23(18)19)10-14-6-9-21(26)22(27)11-14;1-2-22-18(21)12-5-3-4-11(8-12)14-6-7-16(20)15-9-13(10-19)23-17(14)15/h3-9,11-13H,2,10H2,1H3;3-9H,2,10H2,1H3. The Morgan fingerprint density at radius 2 is 1.15 bits per heavy atom. The molecule has 0 saturated heterocycles. The Morgan fingerprint density at radius 3 is 1.64 bits per heavy atom. The van der Waals surface area contributed by atoms with E-state index < -0.39 is 11.6 Å². The molecule has 0 saturated carbocycles. The summed E-state index contributed by atoms with van der Waals surface area (Å²) in [6.07, 6.45) is 0.467. The van der Waals surface area contributed by atoms with E-state index in [9.17, 15) is 18.4 Å². The Balaban J connectivity index is 0.000000188.